The number of hydrogen-bond donors (Lipinski definition) is 0. The fraction of sp³-hybridized carbons (Fsp3) is 0.588. The van der Waals surface area contributed by atoms with Crippen LogP contribution in [0.25, 0.3) is 0 Å². The molecule has 136 valence electrons. The normalized spacial score (nSPS) is 16.2. The van der Waals surface area contributed by atoms with E-state index in [1.54, 1.807) is 25.7 Å². The third-order valence-corrected chi connectivity index (χ3v) is 3.56. The van der Waals surface area contributed by atoms with Crippen LogP contribution in [0.15, 0.2) is 24.3 Å². The molecule has 0 radical (unpaired) electrons. The van der Waals surface area contributed by atoms with Gasteiger partial charge in [-0.15, -0.1) is 0 Å². The third kappa shape index (κ3) is 7.07. The quantitative estimate of drug-likeness (QED) is 0.744. The van der Waals surface area contributed by atoms with Crippen molar-refractivity contribution in [3.63, 3.8) is 0 Å². The summed E-state index contributed by atoms with van der Waals surface area (Å²) < 4.78 is 49.1. The number of halogens is 3. The Morgan fingerprint density at radius 3 is 2.32 bits per heavy atom. The standard InChI is InChI=1S/C17H22F3NO3.Na.H/c1-16(2,3)24-15(22)21-9-7-13(8-10-21)23-14-6-4-5-12(11-14)17(18,19)20;;/h4-6,11,13H,7-10H2,1-3H3;;/q;+1;-1. The number of carbonyl (C=O) groups is 1. The second kappa shape index (κ2) is 8.64. The van der Waals surface area contributed by atoms with Crippen molar-refractivity contribution in [1.82, 2.24) is 4.90 Å². The smallest absolute Gasteiger partial charge is 1.00 e. The first-order valence-electron chi connectivity index (χ1n) is 7.86. The Morgan fingerprint density at radius 2 is 1.80 bits per heavy atom. The molecule has 2 rings (SSSR count). The van der Waals surface area contributed by atoms with Crippen molar-refractivity contribution in [1.29, 1.82) is 0 Å². The number of piperidine rings is 1. The van der Waals surface area contributed by atoms with Gasteiger partial charge in [-0.2, -0.15) is 13.2 Å². The first kappa shape index (κ1) is 22.1. The number of nitrogens with zero attached hydrogens (tertiary/aromatic N) is 1. The van der Waals surface area contributed by atoms with E-state index in [1.807, 2.05) is 0 Å². The zero-order valence-corrected chi connectivity index (χ0v) is 17.0. The Bertz CT molecular complexity index is 585. The summed E-state index contributed by atoms with van der Waals surface area (Å²) in [5.41, 5.74) is -1.28. The van der Waals surface area contributed by atoms with Crippen LogP contribution in [0.4, 0.5) is 18.0 Å². The Morgan fingerprint density at radius 1 is 1.20 bits per heavy atom. The zero-order chi connectivity index (χ0) is 18.0. The van der Waals surface area contributed by atoms with Gasteiger partial charge in [0, 0.05) is 25.9 Å². The molecule has 0 unspecified atom stereocenters. The minimum absolute atomic E-state index is 0. The molecule has 8 heteroatoms. The van der Waals surface area contributed by atoms with E-state index in [-0.39, 0.29) is 48.9 Å². The fourth-order valence-corrected chi connectivity index (χ4v) is 2.42. The molecule has 1 aliphatic rings. The van der Waals surface area contributed by atoms with E-state index >= 15 is 0 Å². The average Bonchev–Trinajstić information content (AvgIpc) is 2.45. The van der Waals surface area contributed by atoms with Crippen LogP contribution in [-0.2, 0) is 10.9 Å². The van der Waals surface area contributed by atoms with Gasteiger partial charge < -0.3 is 15.8 Å². The molecule has 0 atom stereocenters. The van der Waals surface area contributed by atoms with E-state index in [2.05, 4.69) is 0 Å². The Hall–Kier alpha value is -0.920. The van der Waals surface area contributed by atoms with Crippen LogP contribution in [0.2, 0.25) is 0 Å². The number of amides is 1. The average molecular weight is 369 g/mol. The minimum atomic E-state index is -4.39. The first-order valence-corrected chi connectivity index (χ1v) is 7.86. The molecule has 0 N–H and O–H groups in total. The second-order valence-electron chi connectivity index (χ2n) is 6.81. The molecule has 1 aromatic rings. The van der Waals surface area contributed by atoms with Crippen molar-refractivity contribution in [2.24, 2.45) is 0 Å². The Labute approximate surface area is 169 Å². The van der Waals surface area contributed by atoms with Crippen molar-refractivity contribution < 1.29 is 58.4 Å². The first-order chi connectivity index (χ1) is 11.0. The maximum atomic E-state index is 12.7. The van der Waals surface area contributed by atoms with Gasteiger partial charge in [0.1, 0.15) is 17.5 Å². The molecule has 1 saturated heterocycles. The van der Waals surface area contributed by atoms with E-state index in [0.29, 0.717) is 25.9 Å². The SMILES string of the molecule is CC(C)(C)OC(=O)N1CCC(Oc2cccc(C(F)(F)F)c2)CC1.[H-].[Na+]. The van der Waals surface area contributed by atoms with Crippen LogP contribution in [0.3, 0.4) is 0 Å². The third-order valence-electron chi connectivity index (χ3n) is 3.56. The minimum Gasteiger partial charge on any atom is -1.00 e. The molecule has 1 fully saturated rings. The van der Waals surface area contributed by atoms with Crippen molar-refractivity contribution in [2.75, 3.05) is 13.1 Å². The predicted octanol–water partition coefficient (Wildman–Crippen LogP) is 1.60. The Kier molecular flexibility index (Phi) is 7.65. The molecule has 1 amide bonds. The van der Waals surface area contributed by atoms with Crippen LogP contribution < -0.4 is 34.3 Å². The molecule has 4 nitrogen and oxygen atoms in total. The zero-order valence-electron chi connectivity index (χ0n) is 16.0. The summed E-state index contributed by atoms with van der Waals surface area (Å²) in [5.74, 6) is 0.195. The molecule has 25 heavy (non-hydrogen) atoms. The molecule has 0 saturated carbocycles. The summed E-state index contributed by atoms with van der Waals surface area (Å²) >= 11 is 0. The van der Waals surface area contributed by atoms with Gasteiger partial charge in [-0.1, -0.05) is 6.07 Å². The van der Waals surface area contributed by atoms with Gasteiger partial charge in [0.2, 0.25) is 0 Å². The predicted molar refractivity (Wildman–Crippen MR) is 84.0 cm³/mol. The molecule has 1 aromatic carbocycles. The number of hydrogen-bond acceptors (Lipinski definition) is 3. The van der Waals surface area contributed by atoms with Crippen LogP contribution in [-0.4, -0.2) is 35.8 Å². The number of benzene rings is 1. The molecule has 0 aliphatic carbocycles. The molecule has 1 aliphatic heterocycles. The van der Waals surface area contributed by atoms with Crippen molar-refractivity contribution >= 4 is 6.09 Å². The summed E-state index contributed by atoms with van der Waals surface area (Å²) in [6, 6.07) is 4.85. The maximum absolute atomic E-state index is 12.7. The number of carbonyl (C=O) groups excluding carboxylic acids is 1. The van der Waals surface area contributed by atoms with E-state index in [0.717, 1.165) is 12.1 Å². The van der Waals surface area contributed by atoms with Crippen LogP contribution in [0, 0.1) is 0 Å². The van der Waals surface area contributed by atoms with E-state index in [9.17, 15) is 18.0 Å². The van der Waals surface area contributed by atoms with Gasteiger partial charge in [0.05, 0.1) is 5.56 Å². The van der Waals surface area contributed by atoms with Gasteiger partial charge in [-0.3, -0.25) is 0 Å². The van der Waals surface area contributed by atoms with E-state index < -0.39 is 17.3 Å². The summed E-state index contributed by atoms with van der Waals surface area (Å²) in [7, 11) is 0. The maximum Gasteiger partial charge on any atom is 1.00 e. The molecular weight excluding hydrogens is 346 g/mol. The molecule has 0 bridgehead atoms. The summed E-state index contributed by atoms with van der Waals surface area (Å²) in [6.07, 6.45) is -3.88. The topological polar surface area (TPSA) is 38.8 Å². The number of rotatable bonds is 2. The van der Waals surface area contributed by atoms with Crippen LogP contribution in [0.5, 0.6) is 5.75 Å². The number of likely N-dealkylation sites (tertiary alicyclic amines) is 1. The molecular formula is C17H23F3NNaO3. The monoisotopic (exact) mass is 369 g/mol. The van der Waals surface area contributed by atoms with Gasteiger partial charge in [0.15, 0.2) is 0 Å². The van der Waals surface area contributed by atoms with Gasteiger partial charge in [-0.05, 0) is 39.0 Å². The van der Waals surface area contributed by atoms with Crippen molar-refractivity contribution in [3.8, 4) is 5.75 Å². The summed E-state index contributed by atoms with van der Waals surface area (Å²) in [6.45, 7) is 6.31. The van der Waals surface area contributed by atoms with Gasteiger partial charge in [-0.25, -0.2) is 4.79 Å². The molecule has 0 aromatic heterocycles. The molecule has 0 spiro atoms. The largest absolute Gasteiger partial charge is 1.00 e. The molecule has 1 heterocycles. The number of ether oxygens (including phenoxy) is 2. The van der Waals surface area contributed by atoms with E-state index in [4.69, 9.17) is 9.47 Å². The fourth-order valence-electron chi connectivity index (χ4n) is 2.42. The van der Waals surface area contributed by atoms with Crippen molar-refractivity contribution in [3.05, 3.63) is 29.8 Å². The van der Waals surface area contributed by atoms with Gasteiger partial charge in [0.25, 0.3) is 0 Å². The van der Waals surface area contributed by atoms with Gasteiger partial charge >= 0.3 is 41.8 Å². The van der Waals surface area contributed by atoms with Crippen molar-refractivity contribution in [2.45, 2.75) is 51.5 Å². The van der Waals surface area contributed by atoms with E-state index in [1.165, 1.54) is 12.1 Å². The second-order valence-corrected chi connectivity index (χ2v) is 6.81. The number of alkyl halides is 3. The summed E-state index contributed by atoms with van der Waals surface area (Å²) in [4.78, 5) is 13.6. The van der Waals surface area contributed by atoms with Crippen LogP contribution >= 0.6 is 0 Å². The summed E-state index contributed by atoms with van der Waals surface area (Å²) in [5, 5.41) is 0. The Balaban J connectivity index is 0.00000312. The van der Waals surface area contributed by atoms with Crippen LogP contribution in [0.1, 0.15) is 40.6 Å².